The lowest BCUT2D eigenvalue weighted by atomic mass is 10.1. The Balaban J connectivity index is 1.84. The van der Waals surface area contributed by atoms with E-state index in [0.717, 1.165) is 10.6 Å². The van der Waals surface area contributed by atoms with Gasteiger partial charge < -0.3 is 9.73 Å². The van der Waals surface area contributed by atoms with Gasteiger partial charge in [0.25, 0.3) is 5.91 Å². The lowest BCUT2D eigenvalue weighted by Gasteiger charge is -2.12. The second-order valence-electron chi connectivity index (χ2n) is 6.61. The predicted octanol–water partition coefficient (Wildman–Crippen LogP) is 5.25. The van der Waals surface area contributed by atoms with Crippen LogP contribution in [0.4, 0.5) is 5.69 Å². The Morgan fingerprint density at radius 2 is 2.04 bits per heavy atom. The summed E-state index contributed by atoms with van der Waals surface area (Å²) < 4.78 is 7.32. The van der Waals surface area contributed by atoms with Crippen LogP contribution in [0.2, 0.25) is 0 Å². The van der Waals surface area contributed by atoms with Crippen molar-refractivity contribution >= 4 is 34.4 Å². The maximum absolute atomic E-state index is 13.2. The zero-order valence-corrected chi connectivity index (χ0v) is 16.7. The smallest absolute Gasteiger partial charge is 0.256 e. The first-order valence-electron chi connectivity index (χ1n) is 8.95. The number of pyridine rings is 1. The fraction of sp³-hybridized carbons (Fsp3) is 0.190. The van der Waals surface area contributed by atoms with Crippen LogP contribution in [-0.2, 0) is 0 Å². The van der Waals surface area contributed by atoms with E-state index in [1.807, 2.05) is 55.1 Å². The van der Waals surface area contributed by atoms with Crippen molar-refractivity contribution in [3.8, 4) is 11.5 Å². The van der Waals surface area contributed by atoms with Crippen molar-refractivity contribution in [3.63, 3.8) is 0 Å². The highest BCUT2D eigenvalue weighted by Crippen LogP contribution is 2.29. The van der Waals surface area contributed by atoms with Crippen LogP contribution >= 0.6 is 11.8 Å². The summed E-state index contributed by atoms with van der Waals surface area (Å²) in [6.07, 6.45) is 5.27. The molecule has 0 saturated heterocycles. The van der Waals surface area contributed by atoms with Crippen molar-refractivity contribution in [1.29, 1.82) is 0 Å². The first kappa shape index (κ1) is 18.3. The number of aromatic nitrogens is 3. The van der Waals surface area contributed by atoms with Crippen molar-refractivity contribution < 1.29 is 9.21 Å². The highest BCUT2D eigenvalue weighted by Gasteiger charge is 2.20. The molecule has 142 valence electrons. The van der Waals surface area contributed by atoms with E-state index in [9.17, 15) is 4.79 Å². The molecule has 0 aliphatic rings. The van der Waals surface area contributed by atoms with Crippen LogP contribution in [-0.4, -0.2) is 26.9 Å². The minimum absolute atomic E-state index is 0.116. The van der Waals surface area contributed by atoms with Gasteiger partial charge in [0.2, 0.25) is 0 Å². The van der Waals surface area contributed by atoms with Gasteiger partial charge in [-0.05, 0) is 50.4 Å². The topological polar surface area (TPSA) is 73.0 Å². The fourth-order valence-corrected chi connectivity index (χ4v) is 3.63. The molecule has 0 radical (unpaired) electrons. The molecule has 0 bridgehead atoms. The fourth-order valence-electron chi connectivity index (χ4n) is 3.07. The molecule has 0 saturated carbocycles. The van der Waals surface area contributed by atoms with Crippen molar-refractivity contribution in [3.05, 3.63) is 60.5 Å². The number of nitrogens with zero attached hydrogens (tertiary/aromatic N) is 3. The van der Waals surface area contributed by atoms with E-state index in [4.69, 9.17) is 9.40 Å². The molecule has 4 aromatic rings. The number of carbonyl (C=O) groups excluding carboxylic acids is 1. The van der Waals surface area contributed by atoms with Crippen LogP contribution in [0.15, 0.2) is 64.2 Å². The van der Waals surface area contributed by atoms with E-state index < -0.39 is 0 Å². The molecular weight excluding hydrogens is 372 g/mol. The number of carbonyl (C=O) groups is 1. The maximum atomic E-state index is 13.2. The van der Waals surface area contributed by atoms with Crippen molar-refractivity contribution in [2.45, 2.75) is 24.8 Å². The highest BCUT2D eigenvalue weighted by molar-refractivity contribution is 7.98. The molecule has 0 aliphatic heterocycles. The monoisotopic (exact) mass is 392 g/mol. The van der Waals surface area contributed by atoms with Crippen LogP contribution in [0, 0.1) is 0 Å². The van der Waals surface area contributed by atoms with Crippen molar-refractivity contribution in [2.24, 2.45) is 0 Å². The minimum Gasteiger partial charge on any atom is -0.463 e. The first-order valence-corrected chi connectivity index (χ1v) is 10.2. The van der Waals surface area contributed by atoms with E-state index >= 15 is 0 Å². The molecule has 0 aliphatic carbocycles. The summed E-state index contributed by atoms with van der Waals surface area (Å²) in [5, 5.41) is 8.18. The summed E-state index contributed by atoms with van der Waals surface area (Å²) in [5.74, 6) is 0.405. The average Bonchev–Trinajstić information content (AvgIpc) is 3.37. The first-order chi connectivity index (χ1) is 13.6. The minimum atomic E-state index is -0.204. The van der Waals surface area contributed by atoms with Gasteiger partial charge >= 0.3 is 0 Å². The normalized spacial score (nSPS) is 11.3. The maximum Gasteiger partial charge on any atom is 0.256 e. The molecule has 28 heavy (non-hydrogen) atoms. The molecule has 0 fully saturated rings. The second kappa shape index (κ2) is 7.52. The van der Waals surface area contributed by atoms with Gasteiger partial charge in [0.05, 0.1) is 29.1 Å². The van der Waals surface area contributed by atoms with Crippen LogP contribution in [0.1, 0.15) is 30.2 Å². The van der Waals surface area contributed by atoms with E-state index in [2.05, 4.69) is 10.4 Å². The number of rotatable bonds is 5. The third-order valence-corrected chi connectivity index (χ3v) is 5.23. The number of nitrogens with one attached hydrogen (secondary N) is 1. The van der Waals surface area contributed by atoms with Gasteiger partial charge in [-0.25, -0.2) is 9.67 Å². The van der Waals surface area contributed by atoms with Gasteiger partial charge in [-0.15, -0.1) is 11.8 Å². The Morgan fingerprint density at radius 1 is 1.21 bits per heavy atom. The summed E-state index contributed by atoms with van der Waals surface area (Å²) in [7, 11) is 0. The third-order valence-electron chi connectivity index (χ3n) is 4.43. The van der Waals surface area contributed by atoms with Crippen LogP contribution in [0.5, 0.6) is 0 Å². The summed E-state index contributed by atoms with van der Waals surface area (Å²) in [4.78, 5) is 18.9. The second-order valence-corrected chi connectivity index (χ2v) is 7.46. The number of fused-ring (bicyclic) bond motifs is 1. The van der Waals surface area contributed by atoms with E-state index in [1.54, 1.807) is 36.4 Å². The number of hydrogen-bond acceptors (Lipinski definition) is 5. The quantitative estimate of drug-likeness (QED) is 0.470. The van der Waals surface area contributed by atoms with Crippen molar-refractivity contribution in [1.82, 2.24) is 14.8 Å². The van der Waals surface area contributed by atoms with Gasteiger partial charge in [0.1, 0.15) is 5.69 Å². The van der Waals surface area contributed by atoms with Gasteiger partial charge in [0.15, 0.2) is 11.4 Å². The van der Waals surface area contributed by atoms with E-state index in [0.29, 0.717) is 28.1 Å². The molecular formula is C21H20N4O2S. The Bertz CT molecular complexity index is 1130. The number of hydrogen-bond donors (Lipinski definition) is 1. The molecule has 7 heteroatoms. The molecule has 6 nitrogen and oxygen atoms in total. The van der Waals surface area contributed by atoms with Crippen LogP contribution < -0.4 is 5.32 Å². The molecule has 3 aromatic heterocycles. The number of furan rings is 1. The van der Waals surface area contributed by atoms with Gasteiger partial charge in [-0.1, -0.05) is 12.1 Å². The average molecular weight is 392 g/mol. The summed E-state index contributed by atoms with van der Waals surface area (Å²) in [5.41, 5.74) is 2.55. The number of para-hydroxylation sites is 1. The SMILES string of the molecule is CSc1ccccc1NC(=O)c1cc(-c2ccco2)nc2c1cnn2C(C)C. The van der Waals surface area contributed by atoms with Gasteiger partial charge in [-0.3, -0.25) is 4.79 Å². The molecule has 0 unspecified atom stereocenters. The Labute approximate surface area is 167 Å². The lowest BCUT2D eigenvalue weighted by molar-refractivity contribution is 0.102. The van der Waals surface area contributed by atoms with Crippen LogP contribution in [0.3, 0.4) is 0 Å². The summed E-state index contributed by atoms with van der Waals surface area (Å²) in [6.45, 7) is 4.06. The molecule has 3 heterocycles. The standard InChI is InChI=1S/C21H20N4O2S/c1-13(2)25-20-15(12-22-25)14(11-17(23-20)18-8-6-10-27-18)21(26)24-16-7-4-5-9-19(16)28-3/h4-13H,1-3H3,(H,24,26). The van der Waals surface area contributed by atoms with Gasteiger partial charge in [-0.2, -0.15) is 5.10 Å². The molecule has 0 atom stereocenters. The zero-order valence-electron chi connectivity index (χ0n) is 15.8. The lowest BCUT2D eigenvalue weighted by Crippen LogP contribution is -2.14. The number of anilines is 1. The van der Waals surface area contributed by atoms with Crippen LogP contribution in [0.25, 0.3) is 22.5 Å². The van der Waals surface area contributed by atoms with E-state index in [-0.39, 0.29) is 11.9 Å². The van der Waals surface area contributed by atoms with Gasteiger partial charge in [0, 0.05) is 10.9 Å². The predicted molar refractivity (Wildman–Crippen MR) is 112 cm³/mol. The van der Waals surface area contributed by atoms with E-state index in [1.165, 1.54) is 0 Å². The zero-order chi connectivity index (χ0) is 19.7. The molecule has 1 N–H and O–H groups in total. The molecule has 1 aromatic carbocycles. The Morgan fingerprint density at radius 3 is 2.75 bits per heavy atom. The van der Waals surface area contributed by atoms with Crippen molar-refractivity contribution in [2.75, 3.05) is 11.6 Å². The Kier molecular flexibility index (Phi) is 4.92. The largest absolute Gasteiger partial charge is 0.463 e. The summed E-state index contributed by atoms with van der Waals surface area (Å²) in [6, 6.07) is 13.2. The molecule has 1 amide bonds. The third kappa shape index (κ3) is 3.29. The number of benzene rings is 1. The highest BCUT2D eigenvalue weighted by atomic mass is 32.2. The number of thioether (sulfide) groups is 1. The number of amides is 1. The molecule has 0 spiro atoms. The molecule has 4 rings (SSSR count). The Hall–Kier alpha value is -3.06. The summed E-state index contributed by atoms with van der Waals surface area (Å²) >= 11 is 1.59.